The molecule has 5 N–H and O–H groups in total. The summed E-state index contributed by atoms with van der Waals surface area (Å²) in [7, 11) is 3.99. The lowest BCUT2D eigenvalue weighted by Crippen LogP contribution is -2.41. The summed E-state index contributed by atoms with van der Waals surface area (Å²) in [5.74, 6) is 19.4. The molecule has 0 aromatic carbocycles. The average Bonchev–Trinajstić information content (AvgIpc) is 2.49. The molecule has 0 bridgehead atoms. The molecule has 0 amide bonds. The molecule has 0 unspecified atom stereocenters. The minimum Gasteiger partial charge on any atom is -0.370 e. The highest BCUT2D eigenvalue weighted by atomic mass is 15.2. The molecule has 0 radical (unpaired) electrons. The number of rotatable bonds is 4. The van der Waals surface area contributed by atoms with Crippen LogP contribution in [0.3, 0.4) is 0 Å². The topological polar surface area (TPSA) is 92.0 Å². The largest absolute Gasteiger partial charge is 0.370 e. The lowest BCUT2D eigenvalue weighted by atomic mass is 10.4. The Morgan fingerprint density at radius 2 is 1.61 bits per heavy atom. The number of terminal acetylenes is 1. The Labute approximate surface area is 137 Å². The molecule has 6 nitrogen and oxygen atoms in total. The Hall–Kier alpha value is -3.50. The highest BCUT2D eigenvalue weighted by Gasteiger charge is 1.94. The van der Waals surface area contributed by atoms with Crippen LogP contribution >= 0.6 is 0 Å². The number of nitrogens with one attached hydrogen (secondary N) is 1. The molecule has 0 aliphatic rings. The van der Waals surface area contributed by atoms with Gasteiger partial charge in [-0.1, -0.05) is 0 Å². The Morgan fingerprint density at radius 3 is 2.22 bits per heavy atom. The Bertz CT molecular complexity index is 721. The molecule has 0 aromatic heterocycles. The van der Waals surface area contributed by atoms with Crippen LogP contribution in [0, 0.1) is 59.8 Å². The summed E-state index contributed by atoms with van der Waals surface area (Å²) >= 11 is 0. The predicted octanol–water partition coefficient (Wildman–Crippen LogP) is -1.24. The van der Waals surface area contributed by atoms with Crippen molar-refractivity contribution in [1.82, 2.24) is 10.2 Å². The van der Waals surface area contributed by atoms with Crippen LogP contribution in [0.1, 0.15) is 6.42 Å². The van der Waals surface area contributed by atoms with Crippen molar-refractivity contribution in [2.75, 3.05) is 27.2 Å². The lowest BCUT2D eigenvalue weighted by molar-refractivity contribution is 0.403. The fourth-order valence-corrected chi connectivity index (χ4v) is 1.09. The summed E-state index contributed by atoms with van der Waals surface area (Å²) in [5.41, 5.74) is 11.2. The quantitative estimate of drug-likeness (QED) is 0.262. The first-order chi connectivity index (χ1) is 11.1. The Kier molecular flexibility index (Phi) is 11.4. The average molecular weight is 306 g/mol. The zero-order chi connectivity index (χ0) is 17.3. The number of aliphatic imine (C=N–C) groups is 2. The van der Waals surface area contributed by atoms with Crippen molar-refractivity contribution >= 4 is 11.9 Å². The van der Waals surface area contributed by atoms with Gasteiger partial charge in [0.25, 0.3) is 0 Å². The molecule has 0 aromatic rings. The van der Waals surface area contributed by atoms with Gasteiger partial charge in [-0.05, 0) is 50.7 Å². The highest BCUT2D eigenvalue weighted by Crippen LogP contribution is 1.83. The van der Waals surface area contributed by atoms with Crippen molar-refractivity contribution in [3.05, 3.63) is 0 Å². The van der Waals surface area contributed by atoms with E-state index in [0.717, 1.165) is 13.0 Å². The fraction of sp³-hybridized carbons (Fsp3) is 0.294. The van der Waals surface area contributed by atoms with Crippen LogP contribution in [0.2, 0.25) is 0 Å². The Morgan fingerprint density at radius 1 is 1.00 bits per heavy atom. The van der Waals surface area contributed by atoms with E-state index < -0.39 is 0 Å². The van der Waals surface area contributed by atoms with E-state index in [1.54, 1.807) is 0 Å². The smallest absolute Gasteiger partial charge is 0.209 e. The molecule has 0 saturated heterocycles. The van der Waals surface area contributed by atoms with E-state index in [-0.39, 0.29) is 11.9 Å². The third-order valence-corrected chi connectivity index (χ3v) is 1.98. The van der Waals surface area contributed by atoms with Crippen LogP contribution in [-0.4, -0.2) is 44.0 Å². The molecule has 6 heteroatoms. The van der Waals surface area contributed by atoms with E-state index in [1.807, 2.05) is 14.1 Å². The molecular formula is C17H18N6. The van der Waals surface area contributed by atoms with Crippen molar-refractivity contribution in [2.45, 2.75) is 6.42 Å². The van der Waals surface area contributed by atoms with E-state index in [1.165, 1.54) is 0 Å². The SMILES string of the molecule is C#CC#CC#CC#CC#CN=C(N)NC(N)=NCCCN(C)C. The van der Waals surface area contributed by atoms with Gasteiger partial charge in [-0.3, -0.25) is 10.3 Å². The van der Waals surface area contributed by atoms with E-state index in [0.29, 0.717) is 6.54 Å². The van der Waals surface area contributed by atoms with E-state index in [2.05, 4.69) is 73.6 Å². The third kappa shape index (κ3) is 14.7. The summed E-state index contributed by atoms with van der Waals surface area (Å²) in [6.07, 6.45) is 5.81. The van der Waals surface area contributed by atoms with Crippen LogP contribution in [0.25, 0.3) is 0 Å². The molecule has 0 aliphatic heterocycles. The van der Waals surface area contributed by atoms with Gasteiger partial charge in [0.2, 0.25) is 5.96 Å². The summed E-state index contributed by atoms with van der Waals surface area (Å²) < 4.78 is 0. The number of hydrogen-bond acceptors (Lipinski definition) is 3. The molecule has 0 spiro atoms. The molecule has 0 aliphatic carbocycles. The highest BCUT2D eigenvalue weighted by molar-refractivity contribution is 5.97. The number of nitrogens with two attached hydrogens (primary N) is 2. The third-order valence-electron chi connectivity index (χ3n) is 1.98. The minimum atomic E-state index is 0.0409. The monoisotopic (exact) mass is 306 g/mol. The summed E-state index contributed by atoms with van der Waals surface area (Å²) in [4.78, 5) is 9.89. The number of nitrogens with zero attached hydrogens (tertiary/aromatic N) is 3. The second-order valence-electron chi connectivity index (χ2n) is 4.18. The summed E-state index contributed by atoms with van der Waals surface area (Å²) in [6, 6.07) is 2.40. The van der Waals surface area contributed by atoms with Crippen LogP contribution in [0.15, 0.2) is 9.98 Å². The molecule has 0 atom stereocenters. The molecule has 0 saturated carbocycles. The van der Waals surface area contributed by atoms with Crippen molar-refractivity contribution in [3.8, 4) is 59.8 Å². The van der Waals surface area contributed by atoms with Crippen LogP contribution in [0.5, 0.6) is 0 Å². The number of hydrogen-bond donors (Lipinski definition) is 3. The van der Waals surface area contributed by atoms with Gasteiger partial charge in [0, 0.05) is 30.2 Å². The van der Waals surface area contributed by atoms with Gasteiger partial charge in [0.1, 0.15) is 0 Å². The summed E-state index contributed by atoms with van der Waals surface area (Å²) in [6.45, 7) is 1.53. The maximum Gasteiger partial charge on any atom is 0.209 e. The first-order valence-corrected chi connectivity index (χ1v) is 6.56. The summed E-state index contributed by atoms with van der Waals surface area (Å²) in [5, 5.41) is 2.62. The first kappa shape index (κ1) is 19.5. The standard InChI is InChI=1S/C17H18N6/c1-4-5-6-7-8-9-10-11-13-20-16(18)22-17(19)21-14-12-15-23(2)3/h1H,12,14-15H2,2-3H3,(H5,18,19,20,21,22). The van der Waals surface area contributed by atoms with Gasteiger partial charge in [-0.25, -0.2) is 0 Å². The molecule has 116 valence electrons. The molecule has 23 heavy (non-hydrogen) atoms. The lowest BCUT2D eigenvalue weighted by Gasteiger charge is -2.07. The normalized spacial score (nSPS) is 9.65. The van der Waals surface area contributed by atoms with Crippen molar-refractivity contribution < 1.29 is 0 Å². The van der Waals surface area contributed by atoms with E-state index >= 15 is 0 Å². The van der Waals surface area contributed by atoms with E-state index in [9.17, 15) is 0 Å². The van der Waals surface area contributed by atoms with Crippen LogP contribution < -0.4 is 16.8 Å². The number of guanidine groups is 2. The van der Waals surface area contributed by atoms with Crippen LogP contribution in [0.4, 0.5) is 0 Å². The van der Waals surface area contributed by atoms with Gasteiger partial charge >= 0.3 is 0 Å². The van der Waals surface area contributed by atoms with Crippen molar-refractivity contribution in [3.63, 3.8) is 0 Å². The van der Waals surface area contributed by atoms with Gasteiger partial charge in [-0.2, -0.15) is 4.99 Å². The zero-order valence-electron chi connectivity index (χ0n) is 13.2. The molecule has 0 fully saturated rings. The molecular weight excluding hydrogens is 288 g/mol. The molecule has 0 rings (SSSR count). The zero-order valence-corrected chi connectivity index (χ0v) is 13.2. The second kappa shape index (κ2) is 13.5. The Balaban J connectivity index is 4.29. The van der Waals surface area contributed by atoms with Gasteiger partial charge in [0.15, 0.2) is 5.96 Å². The van der Waals surface area contributed by atoms with Crippen molar-refractivity contribution in [1.29, 1.82) is 0 Å². The predicted molar refractivity (Wildman–Crippen MR) is 94.4 cm³/mol. The van der Waals surface area contributed by atoms with Gasteiger partial charge < -0.3 is 16.4 Å². The maximum atomic E-state index is 5.64. The minimum absolute atomic E-state index is 0.0409. The van der Waals surface area contributed by atoms with Gasteiger partial charge in [-0.15, -0.1) is 6.42 Å². The fourth-order valence-electron chi connectivity index (χ4n) is 1.09. The second-order valence-corrected chi connectivity index (χ2v) is 4.18. The molecule has 0 heterocycles. The van der Waals surface area contributed by atoms with Crippen LogP contribution in [-0.2, 0) is 0 Å². The van der Waals surface area contributed by atoms with Crippen molar-refractivity contribution in [2.24, 2.45) is 21.5 Å². The maximum absolute atomic E-state index is 5.64. The van der Waals surface area contributed by atoms with Gasteiger partial charge in [0.05, 0.1) is 6.04 Å². The first-order valence-electron chi connectivity index (χ1n) is 6.56. The van der Waals surface area contributed by atoms with E-state index in [4.69, 9.17) is 17.9 Å².